The zero-order valence-electron chi connectivity index (χ0n) is 6.95. The van der Waals surface area contributed by atoms with Crippen molar-refractivity contribution >= 4 is 12.3 Å². The number of carbonyl (C=O) groups excluding carboxylic acids is 2. The molecule has 0 aliphatic rings. The smallest absolute Gasteiger partial charge is 0.312 e. The molecule has 0 spiro atoms. The Kier molecular flexibility index (Phi) is 6.00. The summed E-state index contributed by atoms with van der Waals surface area (Å²) >= 11 is 0. The fraction of sp³-hybridized carbons (Fsp3) is 0.714. The first kappa shape index (κ1) is 10.9. The van der Waals surface area contributed by atoms with Crippen LogP contribution in [-0.2, 0) is 4.79 Å². The van der Waals surface area contributed by atoms with E-state index in [9.17, 15) is 9.59 Å². The summed E-state index contributed by atoms with van der Waals surface area (Å²) in [6.45, 7) is 0.516. The second-order valence-corrected chi connectivity index (χ2v) is 2.60. The molecule has 12 heavy (non-hydrogen) atoms. The van der Waals surface area contributed by atoms with Crippen molar-refractivity contribution in [2.45, 2.75) is 25.3 Å². The van der Waals surface area contributed by atoms with E-state index >= 15 is 0 Å². The standard InChI is InChI=1S/C7H15N3O2/c8-6(3-5-11)2-1-4-10-7(9)12/h5-6H,1-4,8H2,(H3,9,10,12). The number of carbonyl (C=O) groups is 2. The van der Waals surface area contributed by atoms with Gasteiger partial charge in [-0.1, -0.05) is 0 Å². The second-order valence-electron chi connectivity index (χ2n) is 2.60. The Bertz CT molecular complexity index is 150. The van der Waals surface area contributed by atoms with Gasteiger partial charge in [0.2, 0.25) is 0 Å². The number of primary amides is 1. The van der Waals surface area contributed by atoms with E-state index in [1.54, 1.807) is 0 Å². The molecule has 0 aromatic rings. The molecular formula is C7H15N3O2. The maximum absolute atomic E-state index is 10.2. The maximum Gasteiger partial charge on any atom is 0.312 e. The molecule has 0 aliphatic heterocycles. The average Bonchev–Trinajstić information content (AvgIpc) is 1.98. The van der Waals surface area contributed by atoms with Crippen molar-refractivity contribution in [3.63, 3.8) is 0 Å². The Morgan fingerprint density at radius 3 is 2.75 bits per heavy atom. The Labute approximate surface area is 71.5 Å². The Balaban J connectivity index is 3.18. The van der Waals surface area contributed by atoms with Gasteiger partial charge in [0.05, 0.1) is 0 Å². The van der Waals surface area contributed by atoms with Crippen LogP contribution in [0.5, 0.6) is 0 Å². The molecule has 2 amide bonds. The summed E-state index contributed by atoms with van der Waals surface area (Å²) in [6, 6.07) is -0.629. The summed E-state index contributed by atoms with van der Waals surface area (Å²) in [6.07, 6.45) is 2.64. The Morgan fingerprint density at radius 1 is 1.58 bits per heavy atom. The summed E-state index contributed by atoms with van der Waals surface area (Å²) in [5.41, 5.74) is 10.4. The van der Waals surface area contributed by atoms with Gasteiger partial charge < -0.3 is 21.6 Å². The lowest BCUT2D eigenvalue weighted by Crippen LogP contribution is -2.31. The molecule has 0 bridgehead atoms. The number of rotatable bonds is 6. The summed E-state index contributed by atoms with van der Waals surface area (Å²) < 4.78 is 0. The lowest BCUT2D eigenvalue weighted by molar-refractivity contribution is -0.108. The number of aldehydes is 1. The molecular weight excluding hydrogens is 158 g/mol. The molecule has 0 rings (SSSR count). The molecule has 5 heteroatoms. The predicted octanol–water partition coefficient (Wildman–Crippen LogP) is -0.649. The Hall–Kier alpha value is -1.10. The van der Waals surface area contributed by atoms with E-state index in [-0.39, 0.29) is 6.04 Å². The Morgan fingerprint density at radius 2 is 2.25 bits per heavy atom. The van der Waals surface area contributed by atoms with Gasteiger partial charge in [-0.2, -0.15) is 0 Å². The summed E-state index contributed by atoms with van der Waals surface area (Å²) in [4.78, 5) is 20.2. The molecule has 1 unspecified atom stereocenters. The van der Waals surface area contributed by atoms with Crippen LogP contribution in [0.15, 0.2) is 0 Å². The maximum atomic E-state index is 10.2. The van der Waals surface area contributed by atoms with Crippen LogP contribution in [-0.4, -0.2) is 24.9 Å². The lowest BCUT2D eigenvalue weighted by Gasteiger charge is -2.06. The predicted molar refractivity (Wildman–Crippen MR) is 45.5 cm³/mol. The zero-order valence-corrected chi connectivity index (χ0v) is 6.95. The van der Waals surface area contributed by atoms with Crippen LogP contribution < -0.4 is 16.8 Å². The van der Waals surface area contributed by atoms with Crippen LogP contribution in [0.25, 0.3) is 0 Å². The number of hydrogen-bond donors (Lipinski definition) is 3. The minimum atomic E-state index is -0.529. The number of nitrogens with two attached hydrogens (primary N) is 2. The van der Waals surface area contributed by atoms with Gasteiger partial charge in [-0.15, -0.1) is 0 Å². The van der Waals surface area contributed by atoms with Crippen molar-refractivity contribution in [1.82, 2.24) is 5.32 Å². The average molecular weight is 173 g/mol. The number of urea groups is 1. The normalized spacial score (nSPS) is 12.1. The molecule has 70 valence electrons. The third kappa shape index (κ3) is 7.01. The van der Waals surface area contributed by atoms with E-state index in [4.69, 9.17) is 11.5 Å². The second kappa shape index (κ2) is 6.60. The molecule has 5 N–H and O–H groups in total. The molecule has 0 saturated heterocycles. The van der Waals surface area contributed by atoms with Gasteiger partial charge in [0.25, 0.3) is 0 Å². The van der Waals surface area contributed by atoms with E-state index in [1.807, 2.05) is 0 Å². The summed E-state index contributed by atoms with van der Waals surface area (Å²) in [5, 5.41) is 2.44. The fourth-order valence-corrected chi connectivity index (χ4v) is 0.817. The molecule has 0 saturated carbocycles. The van der Waals surface area contributed by atoms with Crippen molar-refractivity contribution in [3.8, 4) is 0 Å². The van der Waals surface area contributed by atoms with Crippen LogP contribution in [0.1, 0.15) is 19.3 Å². The molecule has 5 nitrogen and oxygen atoms in total. The molecule has 1 atom stereocenters. The van der Waals surface area contributed by atoms with E-state index in [0.717, 1.165) is 19.1 Å². The zero-order chi connectivity index (χ0) is 9.40. The number of amides is 2. The van der Waals surface area contributed by atoms with Gasteiger partial charge in [-0.05, 0) is 12.8 Å². The molecule has 0 aromatic heterocycles. The molecule has 0 aliphatic carbocycles. The summed E-state index contributed by atoms with van der Waals surface area (Å²) in [5.74, 6) is 0. The highest BCUT2D eigenvalue weighted by Gasteiger charge is 2.00. The third-order valence-corrected chi connectivity index (χ3v) is 1.45. The van der Waals surface area contributed by atoms with Gasteiger partial charge in [0.15, 0.2) is 0 Å². The van der Waals surface area contributed by atoms with Crippen molar-refractivity contribution in [1.29, 1.82) is 0 Å². The minimum absolute atomic E-state index is 0.0998. The quantitative estimate of drug-likeness (QED) is 0.367. The van der Waals surface area contributed by atoms with Crippen LogP contribution in [0.2, 0.25) is 0 Å². The van der Waals surface area contributed by atoms with Gasteiger partial charge in [0.1, 0.15) is 6.29 Å². The third-order valence-electron chi connectivity index (χ3n) is 1.45. The van der Waals surface area contributed by atoms with Crippen LogP contribution >= 0.6 is 0 Å². The number of nitrogens with one attached hydrogen (secondary N) is 1. The van der Waals surface area contributed by atoms with Crippen molar-refractivity contribution in [3.05, 3.63) is 0 Å². The van der Waals surface area contributed by atoms with Crippen LogP contribution in [0.4, 0.5) is 4.79 Å². The first-order valence-electron chi connectivity index (χ1n) is 3.89. The largest absolute Gasteiger partial charge is 0.352 e. The van der Waals surface area contributed by atoms with Crippen molar-refractivity contribution in [2.75, 3.05) is 6.54 Å². The van der Waals surface area contributed by atoms with E-state index in [2.05, 4.69) is 5.32 Å². The van der Waals surface area contributed by atoms with Gasteiger partial charge >= 0.3 is 6.03 Å². The fourth-order valence-electron chi connectivity index (χ4n) is 0.817. The lowest BCUT2D eigenvalue weighted by atomic mass is 10.1. The van der Waals surface area contributed by atoms with Gasteiger partial charge in [-0.25, -0.2) is 4.79 Å². The first-order chi connectivity index (χ1) is 5.66. The summed E-state index contributed by atoms with van der Waals surface area (Å²) in [7, 11) is 0. The van der Waals surface area contributed by atoms with Crippen molar-refractivity contribution < 1.29 is 9.59 Å². The molecule has 0 aromatic carbocycles. The monoisotopic (exact) mass is 173 g/mol. The highest BCUT2D eigenvalue weighted by molar-refractivity contribution is 5.71. The van der Waals surface area contributed by atoms with Gasteiger partial charge in [-0.3, -0.25) is 0 Å². The molecule has 0 radical (unpaired) electrons. The van der Waals surface area contributed by atoms with Crippen molar-refractivity contribution in [2.24, 2.45) is 11.5 Å². The van der Waals surface area contributed by atoms with Crippen LogP contribution in [0, 0.1) is 0 Å². The number of hydrogen-bond acceptors (Lipinski definition) is 3. The molecule has 0 fully saturated rings. The highest BCUT2D eigenvalue weighted by atomic mass is 16.2. The topological polar surface area (TPSA) is 98.2 Å². The highest BCUT2D eigenvalue weighted by Crippen LogP contribution is 1.95. The van der Waals surface area contributed by atoms with E-state index < -0.39 is 6.03 Å². The molecule has 0 heterocycles. The minimum Gasteiger partial charge on any atom is -0.352 e. The first-order valence-corrected chi connectivity index (χ1v) is 3.89. The SMILES string of the molecule is NC(=O)NCCCC(N)CC=O. The van der Waals surface area contributed by atoms with Gasteiger partial charge in [0, 0.05) is 19.0 Å². The van der Waals surface area contributed by atoms with E-state index in [1.165, 1.54) is 0 Å². The van der Waals surface area contributed by atoms with Crippen LogP contribution in [0.3, 0.4) is 0 Å². The van der Waals surface area contributed by atoms with E-state index in [0.29, 0.717) is 13.0 Å².